The third-order valence-corrected chi connectivity index (χ3v) is 2.78. The lowest BCUT2D eigenvalue weighted by atomic mass is 10.2. The van der Waals surface area contributed by atoms with Crippen LogP contribution in [-0.4, -0.2) is 22.1 Å². The molecule has 5 nitrogen and oxygen atoms in total. The van der Waals surface area contributed by atoms with E-state index in [9.17, 15) is 4.39 Å². The molecule has 19 heavy (non-hydrogen) atoms. The molecule has 0 spiro atoms. The average molecular weight is 258 g/mol. The van der Waals surface area contributed by atoms with Crippen LogP contribution >= 0.6 is 0 Å². The Morgan fingerprint density at radius 2 is 2.05 bits per heavy atom. The van der Waals surface area contributed by atoms with E-state index in [4.69, 9.17) is 10.5 Å². The first-order valence-electron chi connectivity index (χ1n) is 5.63. The second kappa shape index (κ2) is 4.24. The number of methoxy groups -OCH3 is 1. The van der Waals surface area contributed by atoms with Crippen LogP contribution < -0.4 is 10.5 Å². The number of rotatable bonds is 2. The largest absolute Gasteiger partial charge is 0.481 e. The molecule has 0 aliphatic heterocycles. The number of aromatic nitrogens is 3. The van der Waals surface area contributed by atoms with Gasteiger partial charge in [-0.3, -0.25) is 0 Å². The summed E-state index contributed by atoms with van der Waals surface area (Å²) in [5.74, 6) is 0.458. The maximum atomic E-state index is 13.8. The number of nitrogen functional groups attached to an aromatic ring is 1. The molecule has 0 radical (unpaired) electrons. The van der Waals surface area contributed by atoms with Crippen molar-refractivity contribution in [2.24, 2.45) is 0 Å². The summed E-state index contributed by atoms with van der Waals surface area (Å²) in [6.07, 6.45) is 0. The molecule has 0 saturated heterocycles. The van der Waals surface area contributed by atoms with Crippen molar-refractivity contribution in [3.05, 3.63) is 36.1 Å². The van der Waals surface area contributed by atoms with Gasteiger partial charge < -0.3 is 15.5 Å². The summed E-state index contributed by atoms with van der Waals surface area (Å²) in [5, 5.41) is 0. The molecule has 0 bridgehead atoms. The quantitative estimate of drug-likeness (QED) is 0.692. The van der Waals surface area contributed by atoms with E-state index in [1.54, 1.807) is 12.1 Å². The van der Waals surface area contributed by atoms with Crippen LogP contribution in [0.4, 0.5) is 10.1 Å². The molecule has 3 rings (SSSR count). The highest BCUT2D eigenvalue weighted by atomic mass is 19.1. The van der Waals surface area contributed by atoms with Crippen LogP contribution in [-0.2, 0) is 0 Å². The second-order valence-corrected chi connectivity index (χ2v) is 4.05. The Bertz CT molecular complexity index is 753. The van der Waals surface area contributed by atoms with E-state index in [-0.39, 0.29) is 5.82 Å². The predicted molar refractivity (Wildman–Crippen MR) is 70.2 cm³/mol. The fraction of sp³-hybridized carbons (Fsp3) is 0.0769. The van der Waals surface area contributed by atoms with E-state index in [1.165, 1.54) is 25.3 Å². The molecule has 3 aromatic rings. The van der Waals surface area contributed by atoms with Gasteiger partial charge in [-0.25, -0.2) is 9.37 Å². The van der Waals surface area contributed by atoms with E-state index in [2.05, 4.69) is 15.0 Å². The average Bonchev–Trinajstić information content (AvgIpc) is 2.83. The minimum atomic E-state index is -0.389. The summed E-state index contributed by atoms with van der Waals surface area (Å²) in [4.78, 5) is 11.4. The zero-order chi connectivity index (χ0) is 13.4. The van der Waals surface area contributed by atoms with Gasteiger partial charge in [0.1, 0.15) is 11.6 Å². The third kappa shape index (κ3) is 1.97. The van der Waals surface area contributed by atoms with Gasteiger partial charge in [-0.2, -0.15) is 4.98 Å². The smallest absolute Gasteiger partial charge is 0.215 e. The molecule has 0 saturated carbocycles. The predicted octanol–water partition coefficient (Wildman–Crippen LogP) is 2.35. The third-order valence-electron chi connectivity index (χ3n) is 2.78. The summed E-state index contributed by atoms with van der Waals surface area (Å²) in [5.41, 5.74) is 7.63. The summed E-state index contributed by atoms with van der Waals surface area (Å²) in [7, 11) is 1.53. The van der Waals surface area contributed by atoms with Crippen molar-refractivity contribution < 1.29 is 9.13 Å². The van der Waals surface area contributed by atoms with Crippen LogP contribution in [0.2, 0.25) is 0 Å². The number of nitrogens with two attached hydrogens (primary N) is 1. The molecule has 0 fully saturated rings. The number of nitrogens with zero attached hydrogens (tertiary/aromatic N) is 2. The minimum absolute atomic E-state index is 0.317. The van der Waals surface area contributed by atoms with E-state index >= 15 is 0 Å². The van der Waals surface area contributed by atoms with Crippen molar-refractivity contribution in [3.63, 3.8) is 0 Å². The Labute approximate surface area is 108 Å². The fourth-order valence-electron chi connectivity index (χ4n) is 1.84. The normalized spacial score (nSPS) is 10.8. The zero-order valence-electron chi connectivity index (χ0n) is 10.1. The molecule has 0 amide bonds. The van der Waals surface area contributed by atoms with Gasteiger partial charge in [0.05, 0.1) is 18.2 Å². The van der Waals surface area contributed by atoms with Gasteiger partial charge in [-0.15, -0.1) is 0 Å². The Morgan fingerprint density at radius 3 is 2.84 bits per heavy atom. The van der Waals surface area contributed by atoms with Crippen LogP contribution in [0.15, 0.2) is 30.3 Å². The summed E-state index contributed by atoms with van der Waals surface area (Å²) in [6, 6.07) is 7.83. The van der Waals surface area contributed by atoms with Gasteiger partial charge in [-0.05, 0) is 24.3 Å². The van der Waals surface area contributed by atoms with E-state index in [1.807, 2.05) is 0 Å². The Kier molecular flexibility index (Phi) is 2.56. The van der Waals surface area contributed by atoms with E-state index in [0.717, 1.165) is 0 Å². The molecule has 2 heterocycles. The number of nitrogens with one attached hydrogen (secondary N) is 1. The first-order valence-corrected chi connectivity index (χ1v) is 5.63. The van der Waals surface area contributed by atoms with Crippen molar-refractivity contribution in [1.82, 2.24) is 15.0 Å². The molecular weight excluding hydrogens is 247 g/mol. The number of imidazole rings is 1. The van der Waals surface area contributed by atoms with Crippen LogP contribution in [0, 0.1) is 5.82 Å². The monoisotopic (exact) mass is 258 g/mol. The summed E-state index contributed by atoms with van der Waals surface area (Å²) < 4.78 is 18.8. The zero-order valence-corrected chi connectivity index (χ0v) is 10.1. The first-order chi connectivity index (χ1) is 9.17. The van der Waals surface area contributed by atoms with Gasteiger partial charge in [0, 0.05) is 11.8 Å². The SMILES string of the molecule is COc1ccc2[nH]c(-c3cc(N)ccc3F)nc2n1. The van der Waals surface area contributed by atoms with Crippen molar-refractivity contribution >= 4 is 16.9 Å². The highest BCUT2D eigenvalue weighted by Gasteiger charge is 2.11. The van der Waals surface area contributed by atoms with Crippen molar-refractivity contribution in [1.29, 1.82) is 0 Å². The van der Waals surface area contributed by atoms with Gasteiger partial charge in [0.2, 0.25) is 5.88 Å². The lowest BCUT2D eigenvalue weighted by Crippen LogP contribution is -1.90. The summed E-state index contributed by atoms with van der Waals surface area (Å²) >= 11 is 0. The standard InChI is InChI=1S/C13H11FN4O/c1-19-11-5-4-10-13(17-11)18-12(16-10)8-6-7(15)2-3-9(8)14/h2-6H,15H2,1H3,(H,16,17,18). The summed E-state index contributed by atoms with van der Waals surface area (Å²) in [6.45, 7) is 0. The maximum Gasteiger partial charge on any atom is 0.215 e. The Balaban J connectivity index is 2.17. The number of hydrogen-bond acceptors (Lipinski definition) is 4. The first kappa shape index (κ1) is 11.5. The lowest BCUT2D eigenvalue weighted by molar-refractivity contribution is 0.399. The van der Waals surface area contributed by atoms with Crippen LogP contribution in [0.25, 0.3) is 22.6 Å². The number of benzene rings is 1. The van der Waals surface area contributed by atoms with Crippen LogP contribution in [0.1, 0.15) is 0 Å². The molecule has 0 aliphatic rings. The molecule has 0 unspecified atom stereocenters. The molecule has 1 aromatic carbocycles. The van der Waals surface area contributed by atoms with E-state index < -0.39 is 0 Å². The number of fused-ring (bicyclic) bond motifs is 1. The number of H-pyrrole nitrogens is 1. The van der Waals surface area contributed by atoms with Crippen molar-refractivity contribution in [2.45, 2.75) is 0 Å². The van der Waals surface area contributed by atoms with E-state index in [0.29, 0.717) is 34.1 Å². The van der Waals surface area contributed by atoms with Gasteiger partial charge >= 0.3 is 0 Å². The topological polar surface area (TPSA) is 76.8 Å². The molecule has 6 heteroatoms. The lowest BCUT2D eigenvalue weighted by Gasteiger charge is -2.00. The molecule has 96 valence electrons. The molecule has 3 N–H and O–H groups in total. The highest BCUT2D eigenvalue weighted by molar-refractivity contribution is 5.77. The van der Waals surface area contributed by atoms with Crippen LogP contribution in [0.3, 0.4) is 0 Å². The van der Waals surface area contributed by atoms with Gasteiger partial charge in [0.15, 0.2) is 5.65 Å². The maximum absolute atomic E-state index is 13.8. The number of pyridine rings is 1. The van der Waals surface area contributed by atoms with Gasteiger partial charge in [0.25, 0.3) is 0 Å². The Morgan fingerprint density at radius 1 is 1.21 bits per heavy atom. The Hall–Kier alpha value is -2.63. The molecule has 2 aromatic heterocycles. The second-order valence-electron chi connectivity index (χ2n) is 4.05. The van der Waals surface area contributed by atoms with Crippen molar-refractivity contribution in [2.75, 3.05) is 12.8 Å². The number of halogens is 1. The molecule has 0 aliphatic carbocycles. The minimum Gasteiger partial charge on any atom is -0.481 e. The van der Waals surface area contributed by atoms with Crippen molar-refractivity contribution in [3.8, 4) is 17.3 Å². The molecular formula is C13H11FN4O. The van der Waals surface area contributed by atoms with Crippen LogP contribution in [0.5, 0.6) is 5.88 Å². The number of hydrogen-bond donors (Lipinski definition) is 2. The fourth-order valence-corrected chi connectivity index (χ4v) is 1.84. The number of ether oxygens (including phenoxy) is 1. The highest BCUT2D eigenvalue weighted by Crippen LogP contribution is 2.25. The van der Waals surface area contributed by atoms with Gasteiger partial charge in [-0.1, -0.05) is 0 Å². The number of aromatic amines is 1. The number of anilines is 1. The molecule has 0 atom stereocenters.